The quantitative estimate of drug-likeness (QED) is 0.846. The van der Waals surface area contributed by atoms with Crippen LogP contribution in [0.4, 0.5) is 4.39 Å². The Hall–Kier alpha value is -1.84. The lowest BCUT2D eigenvalue weighted by Gasteiger charge is -2.24. The molecule has 1 aliphatic rings. The minimum atomic E-state index is -1.07. The number of carboxylic acids is 1. The second-order valence-electron chi connectivity index (χ2n) is 4.91. The molecule has 0 spiro atoms. The smallest absolute Gasteiger partial charge is 0.335 e. The van der Waals surface area contributed by atoms with Gasteiger partial charge in [0.05, 0.1) is 12.7 Å². The molecule has 19 heavy (non-hydrogen) atoms. The summed E-state index contributed by atoms with van der Waals surface area (Å²) in [6.45, 7) is 3.93. The van der Waals surface area contributed by atoms with Crippen molar-refractivity contribution in [2.24, 2.45) is 0 Å². The van der Waals surface area contributed by atoms with Gasteiger partial charge < -0.3 is 9.84 Å². The second kappa shape index (κ2) is 5.43. The highest BCUT2D eigenvalue weighted by atomic mass is 19.1. The Labute approximate surface area is 111 Å². The lowest BCUT2D eigenvalue weighted by Crippen LogP contribution is -2.10. The summed E-state index contributed by atoms with van der Waals surface area (Å²) >= 11 is 0. The van der Waals surface area contributed by atoms with E-state index in [2.05, 4.69) is 6.58 Å². The molecule has 0 amide bonds. The Morgan fingerprint density at radius 1 is 1.42 bits per heavy atom. The lowest BCUT2D eigenvalue weighted by atomic mass is 9.81. The molecule has 0 aliphatic heterocycles. The number of hydrogen-bond acceptors (Lipinski definition) is 2. The van der Waals surface area contributed by atoms with Gasteiger partial charge in [0.25, 0.3) is 0 Å². The standard InChI is InChI=1S/C15H17FO3/c1-9-3-5-10(6-4-9)12-7-11(15(17)18)8-13(19-2)14(12)16/h7-8,10H,1,3-6H2,2H3,(H,17,18). The first kappa shape index (κ1) is 13.6. The molecule has 0 aromatic heterocycles. The SMILES string of the molecule is C=C1CCC(c2cc(C(=O)O)cc(OC)c2F)CC1. The molecule has 1 aromatic carbocycles. The van der Waals surface area contributed by atoms with Gasteiger partial charge in [-0.15, -0.1) is 0 Å². The van der Waals surface area contributed by atoms with E-state index in [1.807, 2.05) is 0 Å². The number of methoxy groups -OCH3 is 1. The van der Waals surface area contributed by atoms with Crippen LogP contribution < -0.4 is 4.74 Å². The highest BCUT2D eigenvalue weighted by molar-refractivity contribution is 5.88. The number of aromatic carboxylic acids is 1. The van der Waals surface area contributed by atoms with Crippen molar-refractivity contribution in [1.29, 1.82) is 0 Å². The molecule has 102 valence electrons. The van der Waals surface area contributed by atoms with Crippen LogP contribution in [0.25, 0.3) is 0 Å². The average molecular weight is 264 g/mol. The summed E-state index contributed by atoms with van der Waals surface area (Å²) in [6.07, 6.45) is 3.34. The predicted molar refractivity (Wildman–Crippen MR) is 70.3 cm³/mol. The Kier molecular flexibility index (Phi) is 3.88. The van der Waals surface area contributed by atoms with Crippen LogP contribution in [-0.4, -0.2) is 18.2 Å². The summed E-state index contributed by atoms with van der Waals surface area (Å²) in [5, 5.41) is 9.07. The molecule has 0 bridgehead atoms. The molecule has 1 aromatic rings. The zero-order chi connectivity index (χ0) is 14.0. The van der Waals surface area contributed by atoms with E-state index < -0.39 is 11.8 Å². The molecule has 0 unspecified atom stereocenters. The molecule has 1 saturated carbocycles. The fourth-order valence-electron chi connectivity index (χ4n) is 2.53. The maximum atomic E-state index is 14.3. The normalized spacial score (nSPS) is 16.4. The molecule has 0 saturated heterocycles. The number of rotatable bonds is 3. The Morgan fingerprint density at radius 3 is 2.58 bits per heavy atom. The lowest BCUT2D eigenvalue weighted by molar-refractivity contribution is 0.0696. The minimum Gasteiger partial charge on any atom is -0.494 e. The third kappa shape index (κ3) is 2.78. The summed E-state index contributed by atoms with van der Waals surface area (Å²) in [5.74, 6) is -1.47. The topological polar surface area (TPSA) is 46.5 Å². The van der Waals surface area contributed by atoms with Gasteiger partial charge in [-0.05, 0) is 49.3 Å². The molecular weight excluding hydrogens is 247 g/mol. The largest absolute Gasteiger partial charge is 0.494 e. The number of carbonyl (C=O) groups is 1. The summed E-state index contributed by atoms with van der Waals surface area (Å²) in [6, 6.07) is 2.65. The summed E-state index contributed by atoms with van der Waals surface area (Å²) in [4.78, 5) is 11.1. The van der Waals surface area contributed by atoms with Crippen LogP contribution in [0.1, 0.15) is 47.5 Å². The molecule has 1 fully saturated rings. The van der Waals surface area contributed by atoms with Crippen LogP contribution >= 0.6 is 0 Å². The summed E-state index contributed by atoms with van der Waals surface area (Å²) in [7, 11) is 1.34. The fourth-order valence-corrected chi connectivity index (χ4v) is 2.53. The Bertz CT molecular complexity index is 512. The van der Waals surface area contributed by atoms with Crippen LogP contribution in [0, 0.1) is 5.82 Å². The molecule has 0 radical (unpaired) electrons. The first-order valence-electron chi connectivity index (χ1n) is 6.30. The monoisotopic (exact) mass is 264 g/mol. The highest BCUT2D eigenvalue weighted by Crippen LogP contribution is 2.38. The molecular formula is C15H17FO3. The third-order valence-corrected chi connectivity index (χ3v) is 3.67. The van der Waals surface area contributed by atoms with E-state index >= 15 is 0 Å². The van der Waals surface area contributed by atoms with Crippen LogP contribution in [0.15, 0.2) is 24.3 Å². The molecule has 2 rings (SSSR count). The molecule has 0 atom stereocenters. The van der Waals surface area contributed by atoms with Crippen LogP contribution in [0.5, 0.6) is 5.75 Å². The van der Waals surface area contributed by atoms with Crippen molar-refractivity contribution in [3.8, 4) is 5.75 Å². The maximum Gasteiger partial charge on any atom is 0.335 e. The van der Waals surface area contributed by atoms with Crippen molar-refractivity contribution in [1.82, 2.24) is 0 Å². The molecule has 3 nitrogen and oxygen atoms in total. The van der Waals surface area contributed by atoms with E-state index in [0.717, 1.165) is 25.7 Å². The first-order valence-corrected chi connectivity index (χ1v) is 6.30. The van der Waals surface area contributed by atoms with Gasteiger partial charge in [0.1, 0.15) is 0 Å². The number of carboxylic acid groups (broad SMARTS) is 1. The summed E-state index contributed by atoms with van der Waals surface area (Å²) < 4.78 is 19.2. The van der Waals surface area contributed by atoms with E-state index in [4.69, 9.17) is 9.84 Å². The minimum absolute atomic E-state index is 0.000648. The van der Waals surface area contributed by atoms with Crippen molar-refractivity contribution in [3.63, 3.8) is 0 Å². The second-order valence-corrected chi connectivity index (χ2v) is 4.91. The van der Waals surface area contributed by atoms with Gasteiger partial charge in [0, 0.05) is 0 Å². The summed E-state index contributed by atoms with van der Waals surface area (Å²) in [5.41, 5.74) is 1.69. The van der Waals surface area contributed by atoms with E-state index in [-0.39, 0.29) is 17.2 Å². The Morgan fingerprint density at radius 2 is 2.05 bits per heavy atom. The third-order valence-electron chi connectivity index (χ3n) is 3.67. The fraction of sp³-hybridized carbons (Fsp3) is 0.400. The van der Waals surface area contributed by atoms with Gasteiger partial charge in [-0.1, -0.05) is 12.2 Å². The van der Waals surface area contributed by atoms with Crippen molar-refractivity contribution >= 4 is 5.97 Å². The number of benzene rings is 1. The van der Waals surface area contributed by atoms with Crippen LogP contribution in [-0.2, 0) is 0 Å². The zero-order valence-electron chi connectivity index (χ0n) is 10.9. The number of ether oxygens (including phenoxy) is 1. The van der Waals surface area contributed by atoms with Crippen LogP contribution in [0.3, 0.4) is 0 Å². The molecule has 4 heteroatoms. The maximum absolute atomic E-state index is 14.3. The van der Waals surface area contributed by atoms with E-state index in [0.29, 0.717) is 5.56 Å². The van der Waals surface area contributed by atoms with Crippen molar-refractivity contribution < 1.29 is 19.0 Å². The zero-order valence-corrected chi connectivity index (χ0v) is 10.9. The van der Waals surface area contributed by atoms with Crippen molar-refractivity contribution in [3.05, 3.63) is 41.2 Å². The van der Waals surface area contributed by atoms with Gasteiger partial charge >= 0.3 is 5.97 Å². The van der Waals surface area contributed by atoms with E-state index in [9.17, 15) is 9.18 Å². The van der Waals surface area contributed by atoms with Crippen molar-refractivity contribution in [2.45, 2.75) is 31.6 Å². The van der Waals surface area contributed by atoms with E-state index in [1.54, 1.807) is 0 Å². The van der Waals surface area contributed by atoms with Crippen molar-refractivity contribution in [2.75, 3.05) is 7.11 Å². The Balaban J connectivity index is 2.40. The predicted octanol–water partition coefficient (Wildman–Crippen LogP) is 3.75. The molecule has 0 heterocycles. The first-order chi connectivity index (χ1) is 9.02. The average Bonchev–Trinajstić information content (AvgIpc) is 2.40. The highest BCUT2D eigenvalue weighted by Gasteiger charge is 2.24. The van der Waals surface area contributed by atoms with Gasteiger partial charge in [-0.2, -0.15) is 0 Å². The van der Waals surface area contributed by atoms with Gasteiger partial charge in [-0.25, -0.2) is 9.18 Å². The number of allylic oxidation sites excluding steroid dienone is 1. The van der Waals surface area contributed by atoms with Gasteiger partial charge in [-0.3, -0.25) is 0 Å². The number of hydrogen-bond donors (Lipinski definition) is 1. The molecule has 1 N–H and O–H groups in total. The number of halogens is 1. The van der Waals surface area contributed by atoms with Gasteiger partial charge in [0.15, 0.2) is 11.6 Å². The van der Waals surface area contributed by atoms with E-state index in [1.165, 1.54) is 24.8 Å². The molecule has 1 aliphatic carbocycles. The van der Waals surface area contributed by atoms with Crippen LogP contribution in [0.2, 0.25) is 0 Å². The van der Waals surface area contributed by atoms with Gasteiger partial charge in [0.2, 0.25) is 0 Å².